The summed E-state index contributed by atoms with van der Waals surface area (Å²) in [6.07, 6.45) is -2.94. The summed E-state index contributed by atoms with van der Waals surface area (Å²) in [6, 6.07) is 0.649. The second kappa shape index (κ2) is 4.52. The number of aromatic carboxylic acids is 1. The second-order valence-electron chi connectivity index (χ2n) is 2.68. The first-order valence-corrected chi connectivity index (χ1v) is 4.93. The Morgan fingerprint density at radius 3 is 2.60 bits per heavy atom. The Hall–Kier alpha value is -1.24. The molecule has 0 atom stereocenters. The highest BCUT2D eigenvalue weighted by Gasteiger charge is 2.22. The van der Waals surface area contributed by atoms with Crippen LogP contribution in [0.4, 0.5) is 8.78 Å². The number of hydrogen-bond acceptors (Lipinski definition) is 2. The van der Waals surface area contributed by atoms with Crippen molar-refractivity contribution >= 4 is 21.9 Å². The fourth-order valence-corrected chi connectivity index (χ4v) is 1.60. The van der Waals surface area contributed by atoms with Gasteiger partial charge in [-0.05, 0) is 0 Å². The van der Waals surface area contributed by atoms with Gasteiger partial charge in [-0.1, -0.05) is 15.9 Å². The summed E-state index contributed by atoms with van der Waals surface area (Å²) in [5, 5.41) is 8.62. The summed E-state index contributed by atoms with van der Waals surface area (Å²) < 4.78 is 25.1. The second-order valence-corrected chi connectivity index (χ2v) is 3.24. The minimum Gasteiger partial charge on any atom is -0.478 e. The fraction of sp³-hybridized carbons (Fsp3) is 0.250. The van der Waals surface area contributed by atoms with E-state index in [1.165, 1.54) is 0 Å². The van der Waals surface area contributed by atoms with Gasteiger partial charge in [-0.25, -0.2) is 13.6 Å². The van der Waals surface area contributed by atoms with Crippen molar-refractivity contribution in [3.63, 3.8) is 0 Å². The molecule has 7 heteroatoms. The first-order valence-electron chi connectivity index (χ1n) is 3.81. The summed E-state index contributed by atoms with van der Waals surface area (Å²) in [7, 11) is 0. The minimum absolute atomic E-state index is 0.0387. The summed E-state index contributed by atoms with van der Waals surface area (Å²) in [5.41, 5.74) is -2.15. The Kier molecular flexibility index (Phi) is 3.57. The maximum Gasteiger partial charge on any atom is 0.336 e. The van der Waals surface area contributed by atoms with Crippen LogP contribution in [0.3, 0.4) is 0 Å². The molecule has 0 saturated heterocycles. The third-order valence-corrected chi connectivity index (χ3v) is 2.31. The van der Waals surface area contributed by atoms with Crippen LogP contribution in [0.15, 0.2) is 10.9 Å². The largest absolute Gasteiger partial charge is 0.478 e. The van der Waals surface area contributed by atoms with Crippen LogP contribution >= 0.6 is 15.9 Å². The normalized spacial score (nSPS) is 10.7. The molecule has 0 aliphatic heterocycles. The molecule has 1 aromatic rings. The van der Waals surface area contributed by atoms with E-state index < -0.39 is 29.1 Å². The first-order chi connectivity index (χ1) is 6.97. The maximum absolute atomic E-state index is 12.6. The zero-order valence-electron chi connectivity index (χ0n) is 7.26. The molecule has 0 aliphatic carbocycles. The van der Waals surface area contributed by atoms with Crippen LogP contribution in [0.1, 0.15) is 28.0 Å². The monoisotopic (exact) mass is 281 g/mol. The van der Waals surface area contributed by atoms with E-state index >= 15 is 0 Å². The van der Waals surface area contributed by atoms with Gasteiger partial charge in [0.25, 0.3) is 6.43 Å². The molecule has 1 aromatic heterocycles. The van der Waals surface area contributed by atoms with Crippen LogP contribution in [-0.4, -0.2) is 16.1 Å². The van der Waals surface area contributed by atoms with Gasteiger partial charge in [-0.2, -0.15) is 0 Å². The maximum atomic E-state index is 12.6. The topological polar surface area (TPSA) is 70.2 Å². The molecule has 0 radical (unpaired) electrons. The first kappa shape index (κ1) is 11.8. The van der Waals surface area contributed by atoms with Crippen LogP contribution in [0, 0.1) is 0 Å². The molecule has 0 spiro atoms. The van der Waals surface area contributed by atoms with Gasteiger partial charge in [-0.15, -0.1) is 0 Å². The van der Waals surface area contributed by atoms with Crippen LogP contribution in [0.5, 0.6) is 0 Å². The van der Waals surface area contributed by atoms with E-state index in [2.05, 4.69) is 20.9 Å². The molecule has 0 saturated carbocycles. The molecule has 1 rings (SSSR count). The average Bonchev–Trinajstić information content (AvgIpc) is 2.15. The number of carbonyl (C=O) groups is 1. The predicted molar refractivity (Wildman–Crippen MR) is 51.6 cm³/mol. The van der Waals surface area contributed by atoms with Gasteiger partial charge in [0.05, 0.1) is 11.1 Å². The quantitative estimate of drug-likeness (QED) is 0.832. The lowest BCUT2D eigenvalue weighted by atomic mass is 10.1. The van der Waals surface area contributed by atoms with Crippen LogP contribution in [0.2, 0.25) is 0 Å². The van der Waals surface area contributed by atoms with Gasteiger partial charge in [0.1, 0.15) is 0 Å². The van der Waals surface area contributed by atoms with Gasteiger partial charge in [0, 0.05) is 17.1 Å². The number of carboxylic acids is 1. The third kappa shape index (κ3) is 2.41. The Morgan fingerprint density at radius 1 is 1.60 bits per heavy atom. The zero-order valence-corrected chi connectivity index (χ0v) is 8.85. The van der Waals surface area contributed by atoms with Crippen LogP contribution in [0.25, 0.3) is 0 Å². The lowest BCUT2D eigenvalue weighted by molar-refractivity contribution is 0.0683. The predicted octanol–water partition coefficient (Wildman–Crippen LogP) is 1.91. The van der Waals surface area contributed by atoms with Crippen molar-refractivity contribution in [2.45, 2.75) is 11.8 Å². The number of rotatable bonds is 3. The molecule has 15 heavy (non-hydrogen) atoms. The zero-order chi connectivity index (χ0) is 11.6. The Bertz CT molecular complexity index is 444. The number of H-pyrrole nitrogens is 1. The molecule has 0 amide bonds. The third-order valence-electron chi connectivity index (χ3n) is 1.75. The number of carboxylic acid groups (broad SMARTS) is 1. The number of halogens is 3. The van der Waals surface area contributed by atoms with E-state index in [1.54, 1.807) is 0 Å². The van der Waals surface area contributed by atoms with Gasteiger partial charge in [0.2, 0.25) is 5.56 Å². The number of hydrogen-bond donors (Lipinski definition) is 2. The molecule has 82 valence electrons. The molecule has 0 aromatic carbocycles. The van der Waals surface area contributed by atoms with E-state index in [-0.39, 0.29) is 11.0 Å². The number of alkyl halides is 3. The van der Waals surface area contributed by atoms with Crippen molar-refractivity contribution < 1.29 is 18.7 Å². The smallest absolute Gasteiger partial charge is 0.336 e. The SMILES string of the molecule is O=C(O)c1cc(=O)[nH]c(CBr)c1C(F)F. The number of aromatic nitrogens is 1. The molecular weight excluding hydrogens is 276 g/mol. The van der Waals surface area contributed by atoms with Crippen LogP contribution < -0.4 is 5.56 Å². The molecular formula is C8H6BrF2NO3. The summed E-state index contributed by atoms with van der Waals surface area (Å²) in [5.74, 6) is -1.54. The molecule has 0 bridgehead atoms. The van der Waals surface area contributed by atoms with E-state index in [0.717, 1.165) is 0 Å². The summed E-state index contributed by atoms with van der Waals surface area (Å²) >= 11 is 2.90. The van der Waals surface area contributed by atoms with Gasteiger partial charge in [0.15, 0.2) is 0 Å². The van der Waals surface area contributed by atoms with Crippen molar-refractivity contribution in [1.82, 2.24) is 4.98 Å². The highest BCUT2D eigenvalue weighted by atomic mass is 79.9. The highest BCUT2D eigenvalue weighted by molar-refractivity contribution is 9.08. The highest BCUT2D eigenvalue weighted by Crippen LogP contribution is 2.25. The van der Waals surface area contributed by atoms with Crippen molar-refractivity contribution in [2.24, 2.45) is 0 Å². The molecule has 0 fully saturated rings. The lowest BCUT2D eigenvalue weighted by Crippen LogP contribution is -2.16. The Balaban J connectivity index is 3.54. The minimum atomic E-state index is -2.94. The molecule has 4 nitrogen and oxygen atoms in total. The molecule has 0 aliphatic rings. The molecule has 0 unspecified atom stereocenters. The average molecular weight is 282 g/mol. The summed E-state index contributed by atoms with van der Waals surface area (Å²) in [4.78, 5) is 23.8. The van der Waals surface area contributed by atoms with E-state index in [4.69, 9.17) is 5.11 Å². The van der Waals surface area contributed by atoms with Crippen molar-refractivity contribution in [3.05, 3.63) is 33.2 Å². The number of pyridine rings is 1. The van der Waals surface area contributed by atoms with Gasteiger partial charge in [-0.3, -0.25) is 4.79 Å². The number of nitrogens with one attached hydrogen (secondary N) is 1. The standard InChI is InChI=1S/C8H6BrF2NO3/c9-2-4-6(7(10)11)3(8(14)15)1-5(13)12-4/h1,7H,2H2,(H,12,13)(H,14,15). The van der Waals surface area contributed by atoms with E-state index in [1.807, 2.05) is 0 Å². The summed E-state index contributed by atoms with van der Waals surface area (Å²) in [6.45, 7) is 0. The lowest BCUT2D eigenvalue weighted by Gasteiger charge is -2.08. The Labute approximate surface area is 91.1 Å². The number of aromatic amines is 1. The molecule has 2 N–H and O–H groups in total. The van der Waals surface area contributed by atoms with Gasteiger partial charge >= 0.3 is 5.97 Å². The van der Waals surface area contributed by atoms with E-state index in [9.17, 15) is 18.4 Å². The van der Waals surface area contributed by atoms with E-state index in [0.29, 0.717) is 6.07 Å². The van der Waals surface area contributed by atoms with Crippen LogP contribution in [-0.2, 0) is 5.33 Å². The van der Waals surface area contributed by atoms with Gasteiger partial charge < -0.3 is 10.1 Å². The Morgan fingerprint density at radius 2 is 2.20 bits per heavy atom. The van der Waals surface area contributed by atoms with Crippen molar-refractivity contribution in [1.29, 1.82) is 0 Å². The fourth-order valence-electron chi connectivity index (χ4n) is 1.16. The van der Waals surface area contributed by atoms with Crippen molar-refractivity contribution in [2.75, 3.05) is 0 Å². The van der Waals surface area contributed by atoms with Crippen molar-refractivity contribution in [3.8, 4) is 0 Å². The molecule has 1 heterocycles.